The van der Waals surface area contributed by atoms with Gasteiger partial charge in [0.25, 0.3) is 0 Å². The molecular formula is C14H13ClO5. The monoisotopic (exact) mass is 296 g/mol. The maximum Gasteiger partial charge on any atom is 0.342 e. The number of carbonyl (C=O) groups is 2. The Balaban J connectivity index is 2.62. The molecule has 1 aromatic carbocycles. The van der Waals surface area contributed by atoms with Crippen LogP contribution in [0.25, 0.3) is 11.0 Å². The van der Waals surface area contributed by atoms with E-state index in [0.29, 0.717) is 16.7 Å². The summed E-state index contributed by atoms with van der Waals surface area (Å²) in [4.78, 5) is 23.0. The van der Waals surface area contributed by atoms with Gasteiger partial charge in [0, 0.05) is 18.4 Å². The summed E-state index contributed by atoms with van der Waals surface area (Å²) in [7, 11) is 0. The van der Waals surface area contributed by atoms with Crippen molar-refractivity contribution in [2.45, 2.75) is 20.8 Å². The second-order valence-electron chi connectivity index (χ2n) is 4.13. The number of hydrogen-bond acceptors (Lipinski definition) is 5. The van der Waals surface area contributed by atoms with Crippen LogP contribution in [0.15, 0.2) is 16.5 Å². The van der Waals surface area contributed by atoms with Crippen LogP contribution in [0.2, 0.25) is 5.02 Å². The zero-order valence-electron chi connectivity index (χ0n) is 11.3. The molecule has 0 spiro atoms. The lowest BCUT2D eigenvalue weighted by Gasteiger charge is -2.03. The molecule has 2 rings (SSSR count). The van der Waals surface area contributed by atoms with Crippen LogP contribution in [0.5, 0.6) is 5.75 Å². The second kappa shape index (κ2) is 5.54. The van der Waals surface area contributed by atoms with Crippen molar-refractivity contribution in [3.8, 4) is 5.75 Å². The standard InChI is InChI=1S/C14H13ClO5/c1-4-18-14(17)12-7(2)19-13-10(12)5-9(6-11(13)15)20-8(3)16/h5-6H,4H2,1-3H3. The summed E-state index contributed by atoms with van der Waals surface area (Å²) < 4.78 is 15.5. The average Bonchev–Trinajstić information content (AvgIpc) is 2.65. The molecule has 0 aliphatic heterocycles. The number of hydrogen-bond donors (Lipinski definition) is 0. The number of esters is 2. The zero-order chi connectivity index (χ0) is 14.9. The first-order chi connectivity index (χ1) is 9.43. The van der Waals surface area contributed by atoms with Gasteiger partial charge in [-0.2, -0.15) is 0 Å². The molecule has 0 aliphatic rings. The first-order valence-electron chi connectivity index (χ1n) is 6.02. The van der Waals surface area contributed by atoms with E-state index in [1.807, 2.05) is 0 Å². The number of furan rings is 1. The molecule has 0 atom stereocenters. The Labute approximate surface area is 120 Å². The number of fused-ring (bicyclic) bond motifs is 1. The highest BCUT2D eigenvalue weighted by atomic mass is 35.5. The number of ether oxygens (including phenoxy) is 2. The van der Waals surface area contributed by atoms with Crippen LogP contribution in [0, 0.1) is 6.92 Å². The van der Waals surface area contributed by atoms with Gasteiger partial charge in [-0.1, -0.05) is 11.6 Å². The van der Waals surface area contributed by atoms with Crippen molar-refractivity contribution >= 4 is 34.5 Å². The molecule has 0 radical (unpaired) electrons. The minimum atomic E-state index is -0.500. The lowest BCUT2D eigenvalue weighted by molar-refractivity contribution is -0.131. The fourth-order valence-corrected chi connectivity index (χ4v) is 2.18. The Hall–Kier alpha value is -2.01. The summed E-state index contributed by atoms with van der Waals surface area (Å²) in [6, 6.07) is 2.99. The smallest absolute Gasteiger partial charge is 0.342 e. The predicted molar refractivity (Wildman–Crippen MR) is 73.2 cm³/mol. The quantitative estimate of drug-likeness (QED) is 0.640. The second-order valence-corrected chi connectivity index (χ2v) is 4.54. The lowest BCUT2D eigenvalue weighted by Crippen LogP contribution is -2.05. The Morgan fingerprint density at radius 3 is 2.65 bits per heavy atom. The normalized spacial score (nSPS) is 10.6. The number of carbonyl (C=O) groups excluding carboxylic acids is 2. The Bertz CT molecular complexity index is 686. The third-order valence-electron chi connectivity index (χ3n) is 2.63. The fourth-order valence-electron chi connectivity index (χ4n) is 1.93. The number of halogens is 1. The van der Waals surface area contributed by atoms with E-state index in [0.717, 1.165) is 0 Å². The van der Waals surface area contributed by atoms with Crippen molar-refractivity contribution in [3.63, 3.8) is 0 Å². The predicted octanol–water partition coefficient (Wildman–Crippen LogP) is 3.50. The molecule has 1 heterocycles. The molecule has 0 saturated heterocycles. The third kappa shape index (κ3) is 2.63. The molecule has 0 aliphatic carbocycles. The van der Waals surface area contributed by atoms with E-state index in [2.05, 4.69) is 0 Å². The van der Waals surface area contributed by atoms with E-state index in [1.54, 1.807) is 13.8 Å². The van der Waals surface area contributed by atoms with Gasteiger partial charge in [-0.3, -0.25) is 4.79 Å². The van der Waals surface area contributed by atoms with E-state index in [1.165, 1.54) is 19.1 Å². The Kier molecular flexibility index (Phi) is 3.99. The van der Waals surface area contributed by atoms with Crippen LogP contribution < -0.4 is 4.74 Å². The van der Waals surface area contributed by atoms with Crippen molar-refractivity contribution in [3.05, 3.63) is 28.5 Å². The lowest BCUT2D eigenvalue weighted by atomic mass is 10.1. The number of aryl methyl sites for hydroxylation is 1. The highest BCUT2D eigenvalue weighted by Gasteiger charge is 2.22. The molecule has 6 heteroatoms. The van der Waals surface area contributed by atoms with Gasteiger partial charge >= 0.3 is 11.9 Å². The summed E-state index contributed by atoms with van der Waals surface area (Å²) in [6.45, 7) is 4.90. The van der Waals surface area contributed by atoms with Crippen molar-refractivity contribution < 1.29 is 23.5 Å². The molecule has 0 bridgehead atoms. The molecule has 0 fully saturated rings. The molecule has 5 nitrogen and oxygen atoms in total. The summed E-state index contributed by atoms with van der Waals surface area (Å²) in [5.41, 5.74) is 0.654. The van der Waals surface area contributed by atoms with E-state index in [4.69, 9.17) is 25.5 Å². The van der Waals surface area contributed by atoms with Crippen molar-refractivity contribution in [2.75, 3.05) is 6.61 Å². The first kappa shape index (κ1) is 14.4. The van der Waals surface area contributed by atoms with Crippen LogP contribution in [-0.4, -0.2) is 18.5 Å². The Morgan fingerprint density at radius 2 is 2.05 bits per heavy atom. The molecule has 0 saturated carbocycles. The number of rotatable bonds is 3. The van der Waals surface area contributed by atoms with Crippen molar-refractivity contribution in [1.29, 1.82) is 0 Å². The zero-order valence-corrected chi connectivity index (χ0v) is 12.0. The molecule has 0 unspecified atom stereocenters. The minimum absolute atomic E-state index is 0.251. The van der Waals surface area contributed by atoms with E-state index >= 15 is 0 Å². The third-order valence-corrected chi connectivity index (χ3v) is 2.92. The van der Waals surface area contributed by atoms with Gasteiger partial charge < -0.3 is 13.9 Å². The Morgan fingerprint density at radius 1 is 1.35 bits per heavy atom. The largest absolute Gasteiger partial charge is 0.462 e. The maximum atomic E-state index is 12.0. The van der Waals surface area contributed by atoms with Gasteiger partial charge in [0.2, 0.25) is 0 Å². The molecular weight excluding hydrogens is 284 g/mol. The molecule has 20 heavy (non-hydrogen) atoms. The van der Waals surface area contributed by atoms with E-state index in [9.17, 15) is 9.59 Å². The van der Waals surface area contributed by atoms with E-state index < -0.39 is 11.9 Å². The van der Waals surface area contributed by atoms with Crippen LogP contribution in [-0.2, 0) is 9.53 Å². The molecule has 1 aromatic heterocycles. The van der Waals surface area contributed by atoms with Crippen LogP contribution in [0.1, 0.15) is 30.0 Å². The topological polar surface area (TPSA) is 65.7 Å². The van der Waals surface area contributed by atoms with Crippen molar-refractivity contribution in [2.24, 2.45) is 0 Å². The van der Waals surface area contributed by atoms with Gasteiger partial charge in [0.1, 0.15) is 17.1 Å². The molecule has 0 N–H and O–H groups in total. The number of benzene rings is 1. The minimum Gasteiger partial charge on any atom is -0.462 e. The van der Waals surface area contributed by atoms with Crippen LogP contribution in [0.3, 0.4) is 0 Å². The van der Waals surface area contributed by atoms with Gasteiger partial charge in [0.05, 0.1) is 11.6 Å². The summed E-state index contributed by atoms with van der Waals surface area (Å²) in [6.07, 6.45) is 0. The van der Waals surface area contributed by atoms with Crippen LogP contribution in [0.4, 0.5) is 0 Å². The fraction of sp³-hybridized carbons (Fsp3) is 0.286. The highest BCUT2D eigenvalue weighted by molar-refractivity contribution is 6.35. The van der Waals surface area contributed by atoms with Gasteiger partial charge in [-0.05, 0) is 19.9 Å². The summed E-state index contributed by atoms with van der Waals surface area (Å²) in [5.74, 6) is -0.320. The molecule has 0 amide bonds. The highest BCUT2D eigenvalue weighted by Crippen LogP contribution is 2.35. The SMILES string of the molecule is CCOC(=O)c1c(C)oc2c(Cl)cc(OC(C)=O)cc12. The van der Waals surface area contributed by atoms with Gasteiger partial charge in [-0.25, -0.2) is 4.79 Å². The van der Waals surface area contributed by atoms with Gasteiger partial charge in [-0.15, -0.1) is 0 Å². The average molecular weight is 297 g/mol. The first-order valence-corrected chi connectivity index (χ1v) is 6.40. The van der Waals surface area contributed by atoms with Crippen molar-refractivity contribution in [1.82, 2.24) is 0 Å². The maximum absolute atomic E-state index is 12.0. The molecule has 2 aromatic rings. The summed E-state index contributed by atoms with van der Waals surface area (Å²) in [5, 5.41) is 0.724. The van der Waals surface area contributed by atoms with Crippen LogP contribution >= 0.6 is 11.6 Å². The van der Waals surface area contributed by atoms with Gasteiger partial charge in [0.15, 0.2) is 5.58 Å². The summed E-state index contributed by atoms with van der Waals surface area (Å²) >= 11 is 6.08. The molecule has 106 valence electrons. The van der Waals surface area contributed by atoms with E-state index in [-0.39, 0.29) is 22.9 Å².